The van der Waals surface area contributed by atoms with Crippen molar-refractivity contribution in [1.29, 1.82) is 0 Å². The minimum Gasteiger partial charge on any atom is -0.352 e. The van der Waals surface area contributed by atoms with Crippen molar-refractivity contribution in [2.45, 2.75) is 11.3 Å². The predicted molar refractivity (Wildman–Crippen MR) is 115 cm³/mol. The van der Waals surface area contributed by atoms with E-state index in [9.17, 15) is 18.0 Å². The second kappa shape index (κ2) is 9.37. The quantitative estimate of drug-likeness (QED) is 0.516. The van der Waals surface area contributed by atoms with Crippen LogP contribution in [0.3, 0.4) is 0 Å². The van der Waals surface area contributed by atoms with Crippen LogP contribution in [0.2, 0.25) is 5.02 Å². The number of amides is 1. The monoisotopic (exact) mass is 482 g/mol. The van der Waals surface area contributed by atoms with Gasteiger partial charge in [-0.1, -0.05) is 41.6 Å². The Labute approximate surface area is 191 Å². The molecule has 0 unspecified atom stereocenters. The maximum Gasteiger partial charge on any atom is 0.417 e. The molecule has 0 atom stereocenters. The van der Waals surface area contributed by atoms with Crippen molar-refractivity contribution >= 4 is 35.1 Å². The molecule has 168 valence electrons. The molecule has 12 heteroatoms. The average molecular weight is 483 g/mol. The summed E-state index contributed by atoms with van der Waals surface area (Å²) in [7, 11) is 0. The summed E-state index contributed by atoms with van der Waals surface area (Å²) in [6, 6.07) is 10.4. The lowest BCUT2D eigenvalue weighted by atomic mass is 10.2. The summed E-state index contributed by atoms with van der Waals surface area (Å²) in [6.45, 7) is 1.69. The number of piperazine rings is 1. The first-order valence-corrected chi connectivity index (χ1v) is 11.0. The van der Waals surface area contributed by atoms with Crippen LogP contribution in [-0.2, 0) is 11.0 Å². The summed E-state index contributed by atoms with van der Waals surface area (Å²) in [5.41, 5.74) is -0.00904. The van der Waals surface area contributed by atoms with E-state index in [2.05, 4.69) is 15.1 Å². The second-order valence-electron chi connectivity index (χ2n) is 6.99. The molecule has 4 rings (SSSR count). The number of thioether (sulfide) groups is 1. The van der Waals surface area contributed by atoms with Crippen molar-refractivity contribution < 1.29 is 18.0 Å². The molecule has 0 radical (unpaired) electrons. The van der Waals surface area contributed by atoms with Crippen LogP contribution in [-0.4, -0.2) is 62.5 Å². The molecule has 32 heavy (non-hydrogen) atoms. The van der Waals surface area contributed by atoms with E-state index in [0.717, 1.165) is 18.0 Å². The first-order chi connectivity index (χ1) is 15.3. The van der Waals surface area contributed by atoms with Gasteiger partial charge in [-0.25, -0.2) is 14.6 Å². The van der Waals surface area contributed by atoms with E-state index < -0.39 is 11.7 Å². The maximum absolute atomic E-state index is 12.8. The van der Waals surface area contributed by atoms with Gasteiger partial charge in [-0.05, 0) is 18.2 Å². The van der Waals surface area contributed by atoms with Crippen molar-refractivity contribution in [3.63, 3.8) is 0 Å². The highest BCUT2D eigenvalue weighted by Gasteiger charge is 2.32. The number of rotatable bonds is 5. The van der Waals surface area contributed by atoms with Crippen molar-refractivity contribution in [3.8, 4) is 5.69 Å². The highest BCUT2D eigenvalue weighted by atomic mass is 35.5. The van der Waals surface area contributed by atoms with E-state index in [-0.39, 0.29) is 22.5 Å². The van der Waals surface area contributed by atoms with Gasteiger partial charge >= 0.3 is 6.18 Å². The van der Waals surface area contributed by atoms with Crippen LogP contribution < -0.4 is 4.90 Å². The van der Waals surface area contributed by atoms with Crippen LogP contribution in [0.25, 0.3) is 5.69 Å². The Morgan fingerprint density at radius 2 is 1.81 bits per heavy atom. The number of carbonyl (C=O) groups is 1. The Bertz CT molecular complexity index is 1090. The maximum atomic E-state index is 12.8. The van der Waals surface area contributed by atoms with Crippen LogP contribution in [0.1, 0.15) is 5.56 Å². The number of carbonyl (C=O) groups excluding carboxylic acids is 1. The topological polar surface area (TPSA) is 67.2 Å². The van der Waals surface area contributed by atoms with E-state index in [1.165, 1.54) is 11.8 Å². The molecule has 3 heterocycles. The Hall–Kier alpha value is -2.79. The van der Waals surface area contributed by atoms with Gasteiger partial charge in [0, 0.05) is 32.4 Å². The molecule has 1 saturated heterocycles. The standard InChI is InChI=1S/C20H18ClF3N6OS/c21-16-10-14(20(22,23)24)11-25-18(16)29-8-6-28(7-9-29)17(31)12-32-19-26-13-30(27-19)15-4-2-1-3-5-15/h1-5,10-11,13H,6-9,12H2. The van der Waals surface area contributed by atoms with Gasteiger partial charge in [0.1, 0.15) is 12.1 Å². The third kappa shape index (κ3) is 5.16. The highest BCUT2D eigenvalue weighted by molar-refractivity contribution is 7.99. The summed E-state index contributed by atoms with van der Waals surface area (Å²) < 4.78 is 40.0. The smallest absolute Gasteiger partial charge is 0.352 e. The Morgan fingerprint density at radius 3 is 2.47 bits per heavy atom. The summed E-state index contributed by atoms with van der Waals surface area (Å²) in [5, 5.41) is 4.81. The van der Waals surface area contributed by atoms with Crippen LogP contribution in [0.15, 0.2) is 54.1 Å². The molecule has 1 aromatic carbocycles. The number of pyridine rings is 1. The molecule has 7 nitrogen and oxygen atoms in total. The molecule has 1 amide bonds. The number of alkyl halides is 3. The van der Waals surface area contributed by atoms with E-state index in [1.807, 2.05) is 30.3 Å². The minimum atomic E-state index is -4.50. The van der Waals surface area contributed by atoms with Gasteiger partial charge in [0.25, 0.3) is 0 Å². The van der Waals surface area contributed by atoms with E-state index in [1.54, 1.807) is 20.8 Å². The van der Waals surface area contributed by atoms with Gasteiger partial charge in [-0.2, -0.15) is 13.2 Å². The first kappa shape index (κ1) is 22.4. The fourth-order valence-corrected chi connectivity index (χ4v) is 4.21. The lowest BCUT2D eigenvalue weighted by Crippen LogP contribution is -2.49. The number of hydrogen-bond acceptors (Lipinski definition) is 6. The third-order valence-corrected chi connectivity index (χ3v) is 6.01. The zero-order valence-electron chi connectivity index (χ0n) is 16.7. The summed E-state index contributed by atoms with van der Waals surface area (Å²) in [5.74, 6) is 0.423. The minimum absolute atomic E-state index is 0.0582. The molecule has 0 spiro atoms. The van der Waals surface area contributed by atoms with E-state index in [0.29, 0.717) is 31.3 Å². The van der Waals surface area contributed by atoms with Gasteiger partial charge in [-0.15, -0.1) is 5.10 Å². The average Bonchev–Trinajstić information content (AvgIpc) is 3.27. The molecule has 1 aliphatic heterocycles. The third-order valence-electron chi connectivity index (χ3n) is 4.90. The molecule has 0 bridgehead atoms. The normalized spacial score (nSPS) is 14.6. The Kier molecular flexibility index (Phi) is 6.56. The molecular weight excluding hydrogens is 465 g/mol. The zero-order chi connectivity index (χ0) is 22.7. The fraction of sp³-hybridized carbons (Fsp3) is 0.300. The lowest BCUT2D eigenvalue weighted by Gasteiger charge is -2.35. The zero-order valence-corrected chi connectivity index (χ0v) is 18.2. The highest BCUT2D eigenvalue weighted by Crippen LogP contribution is 2.33. The summed E-state index contributed by atoms with van der Waals surface area (Å²) in [4.78, 5) is 24.2. The number of hydrogen-bond donors (Lipinski definition) is 0. The van der Waals surface area contributed by atoms with Crippen molar-refractivity contribution in [2.75, 3.05) is 36.8 Å². The number of benzene rings is 1. The fourth-order valence-electron chi connectivity index (χ4n) is 3.22. The lowest BCUT2D eigenvalue weighted by molar-refractivity contribution is -0.137. The van der Waals surface area contributed by atoms with Gasteiger partial charge < -0.3 is 9.80 Å². The largest absolute Gasteiger partial charge is 0.417 e. The van der Waals surface area contributed by atoms with Gasteiger partial charge in [0.2, 0.25) is 11.1 Å². The Balaban J connectivity index is 1.29. The number of para-hydroxylation sites is 1. The van der Waals surface area contributed by atoms with Crippen molar-refractivity contribution in [3.05, 3.63) is 59.5 Å². The van der Waals surface area contributed by atoms with Crippen LogP contribution in [0, 0.1) is 0 Å². The SMILES string of the molecule is O=C(CSc1ncn(-c2ccccc2)n1)N1CCN(c2ncc(C(F)(F)F)cc2Cl)CC1. The van der Waals surface area contributed by atoms with E-state index in [4.69, 9.17) is 11.6 Å². The van der Waals surface area contributed by atoms with Gasteiger partial charge in [-0.3, -0.25) is 4.79 Å². The molecule has 1 fully saturated rings. The molecule has 0 N–H and O–H groups in total. The number of nitrogens with zero attached hydrogens (tertiary/aromatic N) is 6. The van der Waals surface area contributed by atoms with E-state index >= 15 is 0 Å². The number of aromatic nitrogens is 4. The molecular formula is C20H18ClF3N6OS. The molecule has 1 aliphatic rings. The first-order valence-electron chi connectivity index (χ1n) is 9.66. The van der Waals surface area contributed by atoms with Crippen LogP contribution in [0.5, 0.6) is 0 Å². The molecule has 2 aromatic heterocycles. The molecule has 3 aromatic rings. The van der Waals surface area contributed by atoms with Gasteiger partial charge in [0.05, 0.1) is 22.0 Å². The number of halogens is 4. The Morgan fingerprint density at radius 1 is 1.09 bits per heavy atom. The van der Waals surface area contributed by atoms with Crippen LogP contribution >= 0.6 is 23.4 Å². The van der Waals surface area contributed by atoms with Crippen molar-refractivity contribution in [1.82, 2.24) is 24.6 Å². The number of anilines is 1. The van der Waals surface area contributed by atoms with Crippen molar-refractivity contribution in [2.24, 2.45) is 0 Å². The summed E-state index contributed by atoms with van der Waals surface area (Å²) in [6.07, 6.45) is -2.12. The molecule has 0 saturated carbocycles. The predicted octanol–water partition coefficient (Wildman–Crippen LogP) is 3.78. The van der Waals surface area contributed by atoms with Gasteiger partial charge in [0.15, 0.2) is 0 Å². The molecule has 0 aliphatic carbocycles. The van der Waals surface area contributed by atoms with Crippen LogP contribution in [0.4, 0.5) is 19.0 Å². The second-order valence-corrected chi connectivity index (χ2v) is 8.34. The summed E-state index contributed by atoms with van der Waals surface area (Å²) >= 11 is 7.28.